The van der Waals surface area contributed by atoms with E-state index in [1.165, 1.54) is 12.8 Å². The first-order valence-corrected chi connectivity index (χ1v) is 6.41. The van der Waals surface area contributed by atoms with Gasteiger partial charge in [0.25, 0.3) is 0 Å². The zero-order valence-electron chi connectivity index (χ0n) is 10.9. The summed E-state index contributed by atoms with van der Waals surface area (Å²) in [5.41, 5.74) is 0.349. The number of likely N-dealkylation sites (tertiary alicyclic amines) is 1. The van der Waals surface area contributed by atoms with Crippen molar-refractivity contribution >= 4 is 5.97 Å². The minimum atomic E-state index is -0.0637. The third-order valence-corrected chi connectivity index (χ3v) is 3.09. The molecule has 0 aliphatic carbocycles. The summed E-state index contributed by atoms with van der Waals surface area (Å²) in [6.45, 7) is 9.71. The Morgan fingerprint density at radius 2 is 2.19 bits per heavy atom. The summed E-state index contributed by atoms with van der Waals surface area (Å²) in [4.78, 5) is 13.8. The first-order chi connectivity index (χ1) is 7.53. The second-order valence-corrected chi connectivity index (χ2v) is 5.55. The van der Waals surface area contributed by atoms with Crippen LogP contribution in [0.5, 0.6) is 0 Å². The first kappa shape index (κ1) is 13.5. The van der Waals surface area contributed by atoms with Gasteiger partial charge in [-0.3, -0.25) is 9.69 Å². The third kappa shape index (κ3) is 4.97. The average molecular weight is 227 g/mol. The lowest BCUT2D eigenvalue weighted by Crippen LogP contribution is -2.42. The molecule has 0 saturated carbocycles. The van der Waals surface area contributed by atoms with Gasteiger partial charge in [0.15, 0.2) is 0 Å². The van der Waals surface area contributed by atoms with Crippen LogP contribution in [0.2, 0.25) is 0 Å². The van der Waals surface area contributed by atoms with Crippen LogP contribution in [-0.2, 0) is 9.53 Å². The zero-order valence-corrected chi connectivity index (χ0v) is 10.9. The normalized spacial score (nSPS) is 20.7. The number of carbonyl (C=O) groups excluding carboxylic acids is 1. The molecule has 1 aliphatic rings. The van der Waals surface area contributed by atoms with E-state index in [1.807, 2.05) is 0 Å². The molecule has 0 aromatic carbocycles. The summed E-state index contributed by atoms with van der Waals surface area (Å²) in [5, 5.41) is 0. The van der Waals surface area contributed by atoms with Gasteiger partial charge in [-0.2, -0.15) is 0 Å². The molecule has 0 unspecified atom stereocenters. The van der Waals surface area contributed by atoms with E-state index in [9.17, 15) is 4.79 Å². The molecule has 3 nitrogen and oxygen atoms in total. The third-order valence-electron chi connectivity index (χ3n) is 3.09. The maximum atomic E-state index is 11.5. The maximum absolute atomic E-state index is 11.5. The quantitative estimate of drug-likeness (QED) is 0.534. The fourth-order valence-corrected chi connectivity index (χ4v) is 2.24. The second-order valence-electron chi connectivity index (χ2n) is 5.55. The summed E-state index contributed by atoms with van der Waals surface area (Å²) >= 11 is 0. The van der Waals surface area contributed by atoms with Crippen molar-refractivity contribution in [2.24, 2.45) is 5.41 Å². The van der Waals surface area contributed by atoms with Crippen LogP contribution in [0.15, 0.2) is 0 Å². The fourth-order valence-electron chi connectivity index (χ4n) is 2.24. The molecule has 16 heavy (non-hydrogen) atoms. The number of esters is 1. The number of hydrogen-bond donors (Lipinski definition) is 0. The fraction of sp³-hybridized carbons (Fsp3) is 0.923. The second kappa shape index (κ2) is 6.24. The molecular weight excluding hydrogens is 202 g/mol. The van der Waals surface area contributed by atoms with Crippen molar-refractivity contribution in [3.8, 4) is 0 Å². The zero-order chi connectivity index (χ0) is 12.0. The van der Waals surface area contributed by atoms with Crippen molar-refractivity contribution in [2.75, 3.05) is 26.2 Å². The maximum Gasteiger partial charge on any atom is 0.320 e. The number of piperidine rings is 1. The first-order valence-electron chi connectivity index (χ1n) is 6.41. The lowest BCUT2D eigenvalue weighted by Gasteiger charge is -2.37. The Kier molecular flexibility index (Phi) is 5.26. The van der Waals surface area contributed by atoms with Gasteiger partial charge in [-0.25, -0.2) is 0 Å². The highest BCUT2D eigenvalue weighted by atomic mass is 16.5. The predicted molar refractivity (Wildman–Crippen MR) is 65.3 cm³/mol. The summed E-state index contributed by atoms with van der Waals surface area (Å²) in [6.07, 6.45) is 4.49. The van der Waals surface area contributed by atoms with Gasteiger partial charge in [0, 0.05) is 6.54 Å². The molecule has 0 spiro atoms. The minimum Gasteiger partial charge on any atom is -0.465 e. The Balaban J connectivity index is 2.23. The molecule has 94 valence electrons. The van der Waals surface area contributed by atoms with E-state index in [4.69, 9.17) is 4.74 Å². The van der Waals surface area contributed by atoms with Crippen LogP contribution in [0.3, 0.4) is 0 Å². The molecule has 1 heterocycles. The van der Waals surface area contributed by atoms with Crippen LogP contribution >= 0.6 is 0 Å². The number of carbonyl (C=O) groups is 1. The summed E-state index contributed by atoms with van der Waals surface area (Å²) < 4.78 is 5.17. The van der Waals surface area contributed by atoms with Crippen LogP contribution in [-0.4, -0.2) is 37.1 Å². The number of rotatable bonds is 5. The van der Waals surface area contributed by atoms with Crippen molar-refractivity contribution in [3.63, 3.8) is 0 Å². The van der Waals surface area contributed by atoms with Gasteiger partial charge in [0.2, 0.25) is 0 Å². The van der Waals surface area contributed by atoms with E-state index in [0.717, 1.165) is 25.9 Å². The Morgan fingerprint density at radius 1 is 1.44 bits per heavy atom. The molecule has 3 heteroatoms. The van der Waals surface area contributed by atoms with Gasteiger partial charge in [-0.15, -0.1) is 0 Å². The molecule has 1 rings (SSSR count). The Hall–Kier alpha value is -0.570. The van der Waals surface area contributed by atoms with Crippen molar-refractivity contribution in [1.82, 2.24) is 4.90 Å². The summed E-state index contributed by atoms with van der Waals surface area (Å²) in [5.74, 6) is -0.0637. The van der Waals surface area contributed by atoms with Crippen LogP contribution in [0.4, 0.5) is 0 Å². The van der Waals surface area contributed by atoms with E-state index in [1.54, 1.807) is 0 Å². The highest BCUT2D eigenvalue weighted by molar-refractivity contribution is 5.71. The van der Waals surface area contributed by atoms with Gasteiger partial charge >= 0.3 is 5.97 Å². The molecule has 1 aliphatic heterocycles. The number of unbranched alkanes of at least 4 members (excludes halogenated alkanes) is 1. The Morgan fingerprint density at radius 3 is 2.81 bits per heavy atom. The van der Waals surface area contributed by atoms with E-state index >= 15 is 0 Å². The van der Waals surface area contributed by atoms with Gasteiger partial charge < -0.3 is 4.74 Å². The SMILES string of the molecule is CCCCOC(=O)CN1CCCC(C)(C)C1. The van der Waals surface area contributed by atoms with E-state index in [2.05, 4.69) is 25.7 Å². The molecule has 1 fully saturated rings. The molecule has 0 atom stereocenters. The molecule has 0 bridgehead atoms. The van der Waals surface area contributed by atoms with Crippen LogP contribution in [0.1, 0.15) is 46.5 Å². The number of nitrogens with zero attached hydrogens (tertiary/aromatic N) is 1. The topological polar surface area (TPSA) is 29.5 Å². The molecule has 1 saturated heterocycles. The van der Waals surface area contributed by atoms with Crippen LogP contribution < -0.4 is 0 Å². The molecule has 0 aromatic rings. The van der Waals surface area contributed by atoms with E-state index < -0.39 is 0 Å². The van der Waals surface area contributed by atoms with Crippen molar-refractivity contribution in [2.45, 2.75) is 46.5 Å². The van der Waals surface area contributed by atoms with Gasteiger partial charge in [-0.05, 0) is 31.2 Å². The van der Waals surface area contributed by atoms with Gasteiger partial charge in [-0.1, -0.05) is 27.2 Å². The highest BCUT2D eigenvalue weighted by Crippen LogP contribution is 2.27. The molecule has 0 aromatic heterocycles. The molecule has 0 amide bonds. The number of hydrogen-bond acceptors (Lipinski definition) is 3. The van der Waals surface area contributed by atoms with Crippen LogP contribution in [0, 0.1) is 5.41 Å². The molecule has 0 radical (unpaired) electrons. The highest BCUT2D eigenvalue weighted by Gasteiger charge is 2.27. The predicted octanol–water partition coefficient (Wildman–Crippen LogP) is 2.45. The van der Waals surface area contributed by atoms with E-state index in [0.29, 0.717) is 18.6 Å². The number of ether oxygens (including phenoxy) is 1. The van der Waals surface area contributed by atoms with Crippen molar-refractivity contribution < 1.29 is 9.53 Å². The smallest absolute Gasteiger partial charge is 0.320 e. The molecule has 0 N–H and O–H groups in total. The average Bonchev–Trinajstić information content (AvgIpc) is 2.16. The minimum absolute atomic E-state index is 0.0637. The Labute approximate surface area is 99.1 Å². The molecular formula is C13H25NO2. The monoisotopic (exact) mass is 227 g/mol. The van der Waals surface area contributed by atoms with Crippen molar-refractivity contribution in [1.29, 1.82) is 0 Å². The summed E-state index contributed by atoms with van der Waals surface area (Å²) in [6, 6.07) is 0. The lowest BCUT2D eigenvalue weighted by atomic mass is 9.84. The van der Waals surface area contributed by atoms with Crippen LogP contribution in [0.25, 0.3) is 0 Å². The lowest BCUT2D eigenvalue weighted by molar-refractivity contribution is -0.145. The standard InChI is InChI=1S/C13H25NO2/c1-4-5-9-16-12(15)10-14-8-6-7-13(2,3)11-14/h4-11H2,1-3H3. The summed E-state index contributed by atoms with van der Waals surface area (Å²) in [7, 11) is 0. The van der Waals surface area contributed by atoms with Crippen molar-refractivity contribution in [3.05, 3.63) is 0 Å². The van der Waals surface area contributed by atoms with E-state index in [-0.39, 0.29) is 5.97 Å². The Bertz CT molecular complexity index is 226. The largest absolute Gasteiger partial charge is 0.465 e. The van der Waals surface area contributed by atoms with Gasteiger partial charge in [0.05, 0.1) is 13.2 Å². The van der Waals surface area contributed by atoms with Gasteiger partial charge in [0.1, 0.15) is 0 Å².